The predicted molar refractivity (Wildman–Crippen MR) is 115 cm³/mol. The van der Waals surface area contributed by atoms with Gasteiger partial charge in [0.15, 0.2) is 10.8 Å². The average molecular weight is 465 g/mol. The molecule has 0 bridgehead atoms. The molecule has 1 aromatic heterocycles. The van der Waals surface area contributed by atoms with Crippen LogP contribution in [0.4, 0.5) is 4.39 Å². The Labute approximate surface area is 183 Å². The number of carbonyl (C=O) groups excluding carboxylic acids is 1. The lowest BCUT2D eigenvalue weighted by Gasteiger charge is -2.31. The van der Waals surface area contributed by atoms with Gasteiger partial charge < -0.3 is 9.64 Å². The molecule has 0 amide bonds. The van der Waals surface area contributed by atoms with Crippen molar-refractivity contribution in [3.05, 3.63) is 63.0 Å². The van der Waals surface area contributed by atoms with Crippen molar-refractivity contribution in [3.8, 4) is 0 Å². The van der Waals surface area contributed by atoms with Crippen molar-refractivity contribution in [2.45, 2.75) is 25.4 Å². The van der Waals surface area contributed by atoms with Gasteiger partial charge in [0.25, 0.3) is 0 Å². The van der Waals surface area contributed by atoms with Crippen LogP contribution >= 0.6 is 11.3 Å². The summed E-state index contributed by atoms with van der Waals surface area (Å²) in [7, 11) is -2.16. The van der Waals surface area contributed by atoms with Gasteiger partial charge in [0, 0.05) is 36.3 Å². The number of benzene rings is 1. The van der Waals surface area contributed by atoms with E-state index in [0.29, 0.717) is 46.2 Å². The van der Waals surface area contributed by atoms with Crippen LogP contribution in [0.2, 0.25) is 0 Å². The molecule has 164 valence electrons. The van der Waals surface area contributed by atoms with Crippen LogP contribution < -0.4 is 4.72 Å². The largest absolute Gasteiger partial charge is 0.466 e. The first-order chi connectivity index (χ1) is 14.7. The van der Waals surface area contributed by atoms with Gasteiger partial charge in [-0.25, -0.2) is 27.3 Å². The fourth-order valence-electron chi connectivity index (χ4n) is 4.02. The van der Waals surface area contributed by atoms with E-state index in [1.54, 1.807) is 19.2 Å². The highest BCUT2D eigenvalue weighted by molar-refractivity contribution is 7.88. The van der Waals surface area contributed by atoms with Gasteiger partial charge in [-0.15, -0.1) is 11.3 Å². The molecule has 3 heterocycles. The first kappa shape index (κ1) is 21.6. The quantitative estimate of drug-likeness (QED) is 0.681. The van der Waals surface area contributed by atoms with E-state index in [0.717, 1.165) is 6.26 Å². The number of aryl methyl sites for hydroxylation is 1. The van der Waals surface area contributed by atoms with Crippen LogP contribution in [-0.4, -0.2) is 56.1 Å². The third-order valence-electron chi connectivity index (χ3n) is 5.20. The Hall–Kier alpha value is -2.63. The lowest BCUT2D eigenvalue weighted by Crippen LogP contribution is -2.39. The van der Waals surface area contributed by atoms with Gasteiger partial charge in [-0.05, 0) is 30.2 Å². The summed E-state index contributed by atoms with van der Waals surface area (Å²) in [6.07, 6.45) is 3.04. The van der Waals surface area contributed by atoms with Crippen molar-refractivity contribution in [3.63, 3.8) is 0 Å². The fraction of sp³-hybridized carbons (Fsp3) is 0.350. The van der Waals surface area contributed by atoms with Crippen LogP contribution in [0.5, 0.6) is 0 Å². The Morgan fingerprint density at radius 2 is 2.16 bits per heavy atom. The SMILES string of the molecule is COC(=O)C1=C2C[C@H](NS(C)(=O)=O)CN2C(c2nccs2)=N[C@H]1c1ccc(F)cc1C. The number of nitrogens with zero attached hydrogens (tertiary/aromatic N) is 3. The highest BCUT2D eigenvalue weighted by atomic mass is 32.2. The van der Waals surface area contributed by atoms with Crippen molar-refractivity contribution in [1.82, 2.24) is 14.6 Å². The molecule has 11 heteroatoms. The number of hydrogen-bond acceptors (Lipinski definition) is 8. The van der Waals surface area contributed by atoms with Crippen LogP contribution in [0.3, 0.4) is 0 Å². The molecule has 31 heavy (non-hydrogen) atoms. The number of hydrogen-bond donors (Lipinski definition) is 1. The van der Waals surface area contributed by atoms with E-state index in [1.807, 2.05) is 10.3 Å². The molecule has 4 rings (SSSR count). The minimum atomic E-state index is -3.45. The minimum absolute atomic E-state index is 0.290. The topological polar surface area (TPSA) is 101 Å². The number of ether oxygens (including phenoxy) is 1. The van der Waals surface area contributed by atoms with E-state index in [-0.39, 0.29) is 5.82 Å². The van der Waals surface area contributed by atoms with Gasteiger partial charge in [-0.2, -0.15) is 0 Å². The zero-order valence-corrected chi connectivity index (χ0v) is 18.8. The van der Waals surface area contributed by atoms with E-state index in [1.165, 1.54) is 30.6 Å². The normalized spacial score (nSPS) is 21.2. The Balaban J connectivity index is 1.89. The summed E-state index contributed by atoms with van der Waals surface area (Å²) in [6.45, 7) is 2.06. The second kappa shape index (κ2) is 8.13. The summed E-state index contributed by atoms with van der Waals surface area (Å²) in [5.74, 6) is -0.395. The van der Waals surface area contributed by atoms with Gasteiger partial charge in [-0.3, -0.25) is 4.99 Å². The van der Waals surface area contributed by atoms with Crippen molar-refractivity contribution >= 4 is 33.2 Å². The number of rotatable bonds is 5. The molecule has 0 saturated carbocycles. The highest BCUT2D eigenvalue weighted by Crippen LogP contribution is 2.41. The Bertz CT molecular complexity index is 1190. The third-order valence-corrected chi connectivity index (χ3v) is 6.73. The number of amidine groups is 1. The van der Waals surface area contributed by atoms with Gasteiger partial charge >= 0.3 is 5.97 Å². The molecule has 0 unspecified atom stereocenters. The molecule has 1 N–H and O–H groups in total. The summed E-state index contributed by atoms with van der Waals surface area (Å²) in [5.41, 5.74) is 2.26. The van der Waals surface area contributed by atoms with E-state index in [2.05, 4.69) is 9.71 Å². The monoisotopic (exact) mass is 464 g/mol. The second-order valence-electron chi connectivity index (χ2n) is 7.45. The Morgan fingerprint density at radius 3 is 2.77 bits per heavy atom. The Morgan fingerprint density at radius 1 is 1.39 bits per heavy atom. The zero-order valence-electron chi connectivity index (χ0n) is 17.1. The average Bonchev–Trinajstić information content (AvgIpc) is 3.34. The molecule has 1 aromatic carbocycles. The zero-order chi connectivity index (χ0) is 22.3. The molecular weight excluding hydrogens is 443 g/mol. The third kappa shape index (κ3) is 4.25. The smallest absolute Gasteiger partial charge is 0.338 e. The van der Waals surface area contributed by atoms with Crippen LogP contribution in [0.25, 0.3) is 0 Å². The molecule has 0 spiro atoms. The Kier molecular flexibility index (Phi) is 5.67. The number of aromatic nitrogens is 1. The van der Waals surface area contributed by atoms with Gasteiger partial charge in [-0.1, -0.05) is 6.07 Å². The fourth-order valence-corrected chi connectivity index (χ4v) is 5.42. The molecule has 8 nitrogen and oxygen atoms in total. The summed E-state index contributed by atoms with van der Waals surface area (Å²) in [4.78, 5) is 23.9. The molecule has 2 atom stereocenters. The second-order valence-corrected chi connectivity index (χ2v) is 10.1. The number of halogens is 1. The minimum Gasteiger partial charge on any atom is -0.466 e. The summed E-state index contributed by atoms with van der Waals surface area (Å²) >= 11 is 1.39. The number of thiazole rings is 1. The predicted octanol–water partition coefficient (Wildman–Crippen LogP) is 2.14. The number of esters is 1. The highest BCUT2D eigenvalue weighted by Gasteiger charge is 2.42. The number of carbonyl (C=O) groups is 1. The van der Waals surface area contributed by atoms with Crippen LogP contribution in [0.1, 0.15) is 28.6 Å². The first-order valence-corrected chi connectivity index (χ1v) is 12.2. The molecule has 0 radical (unpaired) electrons. The number of fused-ring (bicyclic) bond motifs is 1. The molecular formula is C20H21FN4O4S2. The van der Waals surface area contributed by atoms with Crippen LogP contribution in [0, 0.1) is 12.7 Å². The molecule has 2 aliphatic heterocycles. The summed E-state index contributed by atoms with van der Waals surface area (Å²) in [5, 5.41) is 2.46. The molecule has 2 aromatic rings. The molecule has 1 saturated heterocycles. The maximum atomic E-state index is 13.7. The van der Waals surface area contributed by atoms with E-state index in [9.17, 15) is 17.6 Å². The number of methoxy groups -OCH3 is 1. The number of sulfonamides is 1. The number of aliphatic imine (C=N–C) groups is 1. The maximum Gasteiger partial charge on any atom is 0.338 e. The van der Waals surface area contributed by atoms with Crippen molar-refractivity contribution in [1.29, 1.82) is 0 Å². The van der Waals surface area contributed by atoms with Crippen LogP contribution in [0.15, 0.2) is 46.0 Å². The van der Waals surface area contributed by atoms with Crippen LogP contribution in [-0.2, 0) is 19.6 Å². The number of nitrogens with one attached hydrogen (secondary N) is 1. The summed E-state index contributed by atoms with van der Waals surface area (Å²) < 4.78 is 45.1. The van der Waals surface area contributed by atoms with Gasteiger partial charge in [0.2, 0.25) is 10.0 Å². The van der Waals surface area contributed by atoms with E-state index >= 15 is 0 Å². The lowest BCUT2D eigenvalue weighted by atomic mass is 9.91. The van der Waals surface area contributed by atoms with Crippen molar-refractivity contribution in [2.75, 3.05) is 19.9 Å². The maximum absolute atomic E-state index is 13.7. The van der Waals surface area contributed by atoms with E-state index < -0.39 is 28.1 Å². The van der Waals surface area contributed by atoms with Gasteiger partial charge in [0.05, 0.1) is 18.9 Å². The van der Waals surface area contributed by atoms with Crippen molar-refractivity contribution in [2.24, 2.45) is 4.99 Å². The molecule has 2 aliphatic rings. The molecule has 0 aliphatic carbocycles. The lowest BCUT2D eigenvalue weighted by molar-refractivity contribution is -0.136. The summed E-state index contributed by atoms with van der Waals surface area (Å²) in [6, 6.07) is 3.16. The first-order valence-electron chi connectivity index (χ1n) is 9.48. The van der Waals surface area contributed by atoms with E-state index in [4.69, 9.17) is 9.73 Å². The van der Waals surface area contributed by atoms with Crippen molar-refractivity contribution < 1.29 is 22.3 Å². The standard InChI is InChI=1S/C20H21FN4O4S2/c1-11-8-12(21)4-5-14(11)17-16(20(26)29-2)15-9-13(24-31(3,27)28)10-25(15)18(23-17)19-22-6-7-30-19/h4-8,13,17,24H,9-10H2,1-3H3/t13-,17-/m0/s1. The van der Waals surface area contributed by atoms with Gasteiger partial charge in [0.1, 0.15) is 11.9 Å². The molecule has 1 fully saturated rings.